The van der Waals surface area contributed by atoms with Crippen LogP contribution in [0, 0.1) is 5.92 Å². The fraction of sp³-hybridized carbons (Fsp3) is 0.519. The van der Waals surface area contributed by atoms with E-state index in [4.69, 9.17) is 18.9 Å². The van der Waals surface area contributed by atoms with Crippen molar-refractivity contribution in [1.29, 1.82) is 0 Å². The van der Waals surface area contributed by atoms with Crippen LogP contribution in [0.2, 0.25) is 0 Å². The Bertz CT molecular complexity index is 1190. The number of ether oxygens (including phenoxy) is 4. The Hall–Kier alpha value is -2.62. The highest BCUT2D eigenvalue weighted by Crippen LogP contribution is 2.50. The van der Waals surface area contributed by atoms with E-state index in [-0.39, 0.29) is 24.2 Å². The third-order valence-electron chi connectivity index (χ3n) is 6.70. The van der Waals surface area contributed by atoms with Crippen LogP contribution in [0.15, 0.2) is 42.5 Å². The molecule has 2 aliphatic heterocycles. The van der Waals surface area contributed by atoms with Crippen molar-refractivity contribution >= 4 is 15.6 Å². The van der Waals surface area contributed by atoms with Gasteiger partial charge in [0, 0.05) is 30.2 Å². The van der Waals surface area contributed by atoms with E-state index in [1.54, 1.807) is 25.3 Å². The van der Waals surface area contributed by atoms with E-state index in [9.17, 15) is 13.2 Å². The summed E-state index contributed by atoms with van der Waals surface area (Å²) >= 11 is 0. The summed E-state index contributed by atoms with van der Waals surface area (Å²) < 4.78 is 47.9. The highest BCUT2D eigenvalue weighted by Gasteiger charge is 2.54. The molecule has 8 nitrogen and oxygen atoms in total. The molecule has 36 heavy (non-hydrogen) atoms. The molecule has 1 saturated heterocycles. The third-order valence-corrected chi connectivity index (χ3v) is 7.61. The van der Waals surface area contributed by atoms with E-state index in [1.165, 1.54) is 6.26 Å². The molecular formula is C27H35NO7S. The third kappa shape index (κ3) is 5.68. The van der Waals surface area contributed by atoms with E-state index < -0.39 is 27.5 Å². The molecule has 2 aliphatic rings. The van der Waals surface area contributed by atoms with Crippen LogP contribution in [-0.4, -0.2) is 64.7 Å². The lowest BCUT2D eigenvalue weighted by Crippen LogP contribution is -2.58. The van der Waals surface area contributed by atoms with Crippen molar-refractivity contribution in [2.75, 3.05) is 38.8 Å². The van der Waals surface area contributed by atoms with Gasteiger partial charge < -0.3 is 24.3 Å². The lowest BCUT2D eigenvalue weighted by atomic mass is 9.69. The average molecular weight is 518 g/mol. The van der Waals surface area contributed by atoms with Crippen LogP contribution < -0.4 is 19.5 Å². The maximum Gasteiger partial charge on any atom is 0.173 e. The Morgan fingerprint density at radius 1 is 1.14 bits per heavy atom. The molecule has 9 heteroatoms. The highest BCUT2D eigenvalue weighted by molar-refractivity contribution is 7.90. The second-order valence-corrected chi connectivity index (χ2v) is 12.0. The number of benzene rings is 2. The molecule has 0 saturated carbocycles. The summed E-state index contributed by atoms with van der Waals surface area (Å²) in [4.78, 5) is 14.3. The van der Waals surface area contributed by atoms with Crippen molar-refractivity contribution in [3.05, 3.63) is 53.6 Å². The minimum absolute atomic E-state index is 0.0135. The van der Waals surface area contributed by atoms with Crippen LogP contribution in [-0.2, 0) is 14.6 Å². The van der Waals surface area contributed by atoms with Crippen molar-refractivity contribution in [2.45, 2.75) is 44.5 Å². The molecule has 2 aromatic rings. The van der Waals surface area contributed by atoms with Gasteiger partial charge in [-0.1, -0.05) is 18.2 Å². The first kappa shape index (κ1) is 26.4. The minimum Gasteiger partial charge on any atom is -0.493 e. The molecule has 1 N–H and O–H groups in total. The molecule has 2 atom stereocenters. The Morgan fingerprint density at radius 3 is 2.53 bits per heavy atom. The molecule has 196 valence electrons. The summed E-state index contributed by atoms with van der Waals surface area (Å²) in [7, 11) is -1.69. The fourth-order valence-electron chi connectivity index (χ4n) is 5.05. The summed E-state index contributed by atoms with van der Waals surface area (Å²) in [5.74, 6) is 0.774. The Balaban J connectivity index is 1.77. The van der Waals surface area contributed by atoms with Gasteiger partial charge in [-0.3, -0.25) is 4.79 Å². The van der Waals surface area contributed by atoms with Crippen molar-refractivity contribution in [3.8, 4) is 17.2 Å². The van der Waals surface area contributed by atoms with Crippen LogP contribution in [0.25, 0.3) is 0 Å². The first-order valence-corrected chi connectivity index (χ1v) is 14.4. The van der Waals surface area contributed by atoms with Gasteiger partial charge in [0.1, 0.15) is 27.3 Å². The lowest BCUT2D eigenvalue weighted by molar-refractivity contribution is -0.0969. The normalized spacial score (nSPS) is 21.0. The highest BCUT2D eigenvalue weighted by atomic mass is 32.2. The summed E-state index contributed by atoms with van der Waals surface area (Å²) in [6.07, 6.45) is 1.72. The Kier molecular flexibility index (Phi) is 7.92. The smallest absolute Gasteiger partial charge is 0.173 e. The van der Waals surface area contributed by atoms with Crippen LogP contribution in [0.3, 0.4) is 0 Å². The topological polar surface area (TPSA) is 100 Å². The van der Waals surface area contributed by atoms with Crippen LogP contribution in [0.1, 0.15) is 48.7 Å². The number of carbonyl (C=O) groups is 1. The monoisotopic (exact) mass is 517 g/mol. The maximum atomic E-state index is 14.3. The van der Waals surface area contributed by atoms with Gasteiger partial charge in [-0.25, -0.2) is 8.42 Å². The predicted molar refractivity (Wildman–Crippen MR) is 137 cm³/mol. The van der Waals surface area contributed by atoms with Crippen molar-refractivity contribution < 1.29 is 32.2 Å². The first-order chi connectivity index (χ1) is 17.1. The number of carbonyl (C=O) groups excluding carboxylic acids is 1. The van der Waals surface area contributed by atoms with Gasteiger partial charge in [0.15, 0.2) is 17.3 Å². The van der Waals surface area contributed by atoms with Gasteiger partial charge in [-0.15, -0.1) is 0 Å². The second kappa shape index (κ2) is 10.8. The Labute approximate surface area is 213 Å². The van der Waals surface area contributed by atoms with Gasteiger partial charge in [0.2, 0.25) is 0 Å². The molecular weight excluding hydrogens is 482 g/mol. The zero-order valence-electron chi connectivity index (χ0n) is 21.3. The molecule has 0 bridgehead atoms. The quantitative estimate of drug-likeness (QED) is 0.504. The molecule has 2 aromatic carbocycles. The molecule has 0 aromatic heterocycles. The first-order valence-electron chi connectivity index (χ1n) is 12.3. The molecule has 0 aliphatic carbocycles. The number of para-hydroxylation sites is 1. The number of sulfone groups is 1. The van der Waals surface area contributed by atoms with E-state index in [1.807, 2.05) is 38.1 Å². The van der Waals surface area contributed by atoms with Crippen molar-refractivity contribution in [1.82, 2.24) is 5.32 Å². The minimum atomic E-state index is -3.23. The summed E-state index contributed by atoms with van der Waals surface area (Å²) in [5.41, 5.74) is 0.429. The van der Waals surface area contributed by atoms with E-state index in [2.05, 4.69) is 5.32 Å². The van der Waals surface area contributed by atoms with Crippen LogP contribution >= 0.6 is 0 Å². The van der Waals surface area contributed by atoms with E-state index in [0.717, 1.165) is 5.56 Å². The largest absolute Gasteiger partial charge is 0.493 e. The van der Waals surface area contributed by atoms with Gasteiger partial charge >= 0.3 is 0 Å². The van der Waals surface area contributed by atoms with Gasteiger partial charge in [-0.2, -0.15) is 0 Å². The molecule has 4 rings (SSSR count). The van der Waals surface area contributed by atoms with Crippen molar-refractivity contribution in [2.24, 2.45) is 5.92 Å². The molecule has 0 amide bonds. The number of rotatable bonds is 9. The number of hydrogen-bond donors (Lipinski definition) is 1. The summed E-state index contributed by atoms with van der Waals surface area (Å²) in [5, 5.41) is 3.35. The number of nitrogens with one attached hydrogen (secondary N) is 1. The summed E-state index contributed by atoms with van der Waals surface area (Å²) in [6.45, 7) is 5.24. The summed E-state index contributed by atoms with van der Waals surface area (Å²) in [6, 6.07) is 12.7. The van der Waals surface area contributed by atoms with Crippen LogP contribution in [0.5, 0.6) is 17.2 Å². The average Bonchev–Trinajstić information content (AvgIpc) is 2.83. The number of piperidine rings is 1. The van der Waals surface area contributed by atoms with Crippen molar-refractivity contribution in [3.63, 3.8) is 0 Å². The predicted octanol–water partition coefficient (Wildman–Crippen LogP) is 3.60. The number of fused-ring (bicyclic) bond motifs is 1. The number of hydrogen-bond acceptors (Lipinski definition) is 8. The zero-order valence-corrected chi connectivity index (χ0v) is 22.1. The van der Waals surface area contributed by atoms with E-state index >= 15 is 0 Å². The maximum absolute atomic E-state index is 14.3. The number of Topliss-reactive ketones (excluding diaryl/α,β-unsaturated/α-hetero) is 1. The van der Waals surface area contributed by atoms with Gasteiger partial charge in [0.05, 0.1) is 31.5 Å². The zero-order chi connectivity index (χ0) is 25.9. The molecule has 0 radical (unpaired) electrons. The van der Waals surface area contributed by atoms with Gasteiger partial charge in [-0.05, 0) is 51.2 Å². The standard InChI is InChI=1S/C27H35NO7S/c1-18(2)34-22-10-9-19(17-23(22)32-3)25(29)24-26(33-15-16-36(4,30)31)20-7-5-6-8-21(20)35-27(24)11-13-28-14-12-27/h5-10,17-18,24,26,28H,11-16H2,1-4H3. The number of ketones is 1. The van der Waals surface area contributed by atoms with Gasteiger partial charge in [0.25, 0.3) is 0 Å². The number of methoxy groups -OCH3 is 1. The van der Waals surface area contributed by atoms with Crippen LogP contribution in [0.4, 0.5) is 0 Å². The molecule has 1 fully saturated rings. The fourth-order valence-corrected chi connectivity index (χ4v) is 5.45. The molecule has 2 heterocycles. The molecule has 1 spiro atoms. The van der Waals surface area contributed by atoms with E-state index in [0.29, 0.717) is 48.7 Å². The second-order valence-electron chi connectivity index (χ2n) is 9.75. The SMILES string of the molecule is COc1cc(C(=O)C2C(OCCS(C)(=O)=O)c3ccccc3OC23CCNCC3)ccc1OC(C)C. The molecule has 2 unspecified atom stereocenters. The Morgan fingerprint density at radius 2 is 1.86 bits per heavy atom. The lowest BCUT2D eigenvalue weighted by Gasteiger charge is -2.49.